The lowest BCUT2D eigenvalue weighted by atomic mass is 9.94. The smallest absolute Gasteiger partial charge is 0.236 e. The summed E-state index contributed by atoms with van der Waals surface area (Å²) >= 11 is 0. The van der Waals surface area contributed by atoms with Crippen molar-refractivity contribution in [2.24, 2.45) is 5.92 Å². The van der Waals surface area contributed by atoms with Gasteiger partial charge in [-0.3, -0.25) is 4.79 Å². The van der Waals surface area contributed by atoms with Gasteiger partial charge in [0, 0.05) is 30.0 Å². The zero-order valence-corrected chi connectivity index (χ0v) is 16.1. The number of hydrogen-bond donors (Lipinski definition) is 1. The molecular formula is C19H28N2O3S. The van der Waals surface area contributed by atoms with Crippen LogP contribution in [0.4, 0.5) is 0 Å². The fraction of sp³-hybridized carbons (Fsp3) is 0.526. The van der Waals surface area contributed by atoms with Gasteiger partial charge in [-0.15, -0.1) is 0 Å². The minimum Gasteiger partial charge on any atom is -0.351 e. The molecule has 1 N–H and O–H groups in total. The van der Waals surface area contributed by atoms with E-state index in [-0.39, 0.29) is 17.4 Å². The first kappa shape index (κ1) is 19.7. The second kappa shape index (κ2) is 8.15. The molecule has 0 spiro atoms. The molecule has 1 saturated heterocycles. The van der Waals surface area contributed by atoms with Crippen LogP contribution < -0.4 is 5.32 Å². The monoisotopic (exact) mass is 364 g/mol. The Morgan fingerprint density at radius 2 is 1.84 bits per heavy atom. The number of amides is 1. The maximum atomic E-state index is 12.4. The predicted octanol–water partition coefficient (Wildman–Crippen LogP) is 3.00. The van der Waals surface area contributed by atoms with Crippen molar-refractivity contribution in [3.05, 3.63) is 41.3 Å². The standard InChI is InChI=1S/C19H28N2O3S/c1-4-19(2,3)20-18(22)17-10-13-21(14-11-17)25(23,24)15-12-16-8-6-5-7-9-16/h5-9,12,15,17H,4,10-11,13-14H2,1-3H3,(H,20,22)/b15-12+. The van der Waals surface area contributed by atoms with Gasteiger partial charge in [0.25, 0.3) is 0 Å². The number of carbonyl (C=O) groups excluding carboxylic acids is 1. The van der Waals surface area contributed by atoms with Crippen LogP contribution in [0.2, 0.25) is 0 Å². The van der Waals surface area contributed by atoms with Crippen LogP contribution in [0, 0.1) is 5.92 Å². The highest BCUT2D eigenvalue weighted by molar-refractivity contribution is 7.92. The van der Waals surface area contributed by atoms with Crippen molar-refractivity contribution in [1.82, 2.24) is 9.62 Å². The summed E-state index contributed by atoms with van der Waals surface area (Å²) in [7, 11) is -3.45. The Kier molecular flexibility index (Phi) is 6.41. The lowest BCUT2D eigenvalue weighted by Crippen LogP contribution is -2.48. The molecule has 0 bridgehead atoms. The Morgan fingerprint density at radius 3 is 2.40 bits per heavy atom. The third-order valence-electron chi connectivity index (χ3n) is 4.76. The van der Waals surface area contributed by atoms with E-state index >= 15 is 0 Å². The van der Waals surface area contributed by atoms with Crippen molar-refractivity contribution < 1.29 is 13.2 Å². The quantitative estimate of drug-likeness (QED) is 0.844. The van der Waals surface area contributed by atoms with Crippen LogP contribution in [0.25, 0.3) is 6.08 Å². The number of hydrogen-bond acceptors (Lipinski definition) is 3. The van der Waals surface area contributed by atoms with Crippen LogP contribution in [0.15, 0.2) is 35.7 Å². The Hall–Kier alpha value is -1.66. The van der Waals surface area contributed by atoms with Gasteiger partial charge in [-0.1, -0.05) is 37.3 Å². The van der Waals surface area contributed by atoms with Crippen LogP contribution in [0.5, 0.6) is 0 Å². The fourth-order valence-corrected chi connectivity index (χ4v) is 3.93. The van der Waals surface area contributed by atoms with Gasteiger partial charge in [0.1, 0.15) is 0 Å². The van der Waals surface area contributed by atoms with E-state index in [4.69, 9.17) is 0 Å². The summed E-state index contributed by atoms with van der Waals surface area (Å²) in [5.74, 6) is -0.0842. The molecule has 1 amide bonds. The summed E-state index contributed by atoms with van der Waals surface area (Å²) in [5, 5.41) is 4.31. The maximum absolute atomic E-state index is 12.4. The third kappa shape index (κ3) is 5.68. The molecule has 5 nitrogen and oxygen atoms in total. The maximum Gasteiger partial charge on any atom is 0.236 e. The number of piperidine rings is 1. The first-order valence-corrected chi connectivity index (χ1v) is 10.3. The van der Waals surface area contributed by atoms with Gasteiger partial charge in [0.05, 0.1) is 0 Å². The van der Waals surface area contributed by atoms with Crippen molar-refractivity contribution in [2.75, 3.05) is 13.1 Å². The van der Waals surface area contributed by atoms with E-state index in [2.05, 4.69) is 5.32 Å². The molecule has 1 aliphatic rings. The molecule has 1 heterocycles. The predicted molar refractivity (Wildman–Crippen MR) is 101 cm³/mol. The summed E-state index contributed by atoms with van der Waals surface area (Å²) in [6, 6.07) is 9.35. The number of benzene rings is 1. The summed E-state index contributed by atoms with van der Waals surface area (Å²) in [6.07, 6.45) is 3.59. The van der Waals surface area contributed by atoms with Gasteiger partial charge < -0.3 is 5.32 Å². The van der Waals surface area contributed by atoms with Gasteiger partial charge in [-0.2, -0.15) is 4.31 Å². The molecule has 6 heteroatoms. The van der Waals surface area contributed by atoms with E-state index in [1.165, 1.54) is 9.71 Å². The number of sulfonamides is 1. The molecule has 0 aliphatic carbocycles. The zero-order valence-electron chi connectivity index (χ0n) is 15.2. The van der Waals surface area contributed by atoms with Crippen LogP contribution in [0.3, 0.4) is 0 Å². The minimum absolute atomic E-state index is 0.0312. The molecule has 1 fully saturated rings. The molecule has 25 heavy (non-hydrogen) atoms. The highest BCUT2D eigenvalue weighted by Gasteiger charge is 2.31. The van der Waals surface area contributed by atoms with E-state index < -0.39 is 10.0 Å². The normalized spacial score (nSPS) is 17.7. The second-order valence-electron chi connectivity index (χ2n) is 7.16. The molecule has 2 rings (SSSR count). The zero-order chi connectivity index (χ0) is 18.5. The summed E-state index contributed by atoms with van der Waals surface area (Å²) in [6.45, 7) is 6.80. The van der Waals surface area contributed by atoms with Crippen LogP contribution in [0.1, 0.15) is 45.6 Å². The topological polar surface area (TPSA) is 66.5 Å². The third-order valence-corrected chi connectivity index (χ3v) is 6.33. The highest BCUT2D eigenvalue weighted by atomic mass is 32.2. The average molecular weight is 365 g/mol. The fourth-order valence-electron chi connectivity index (χ4n) is 2.71. The van der Waals surface area contributed by atoms with Gasteiger partial charge in [0.15, 0.2) is 0 Å². The van der Waals surface area contributed by atoms with Crippen LogP contribution in [-0.4, -0.2) is 37.3 Å². The van der Waals surface area contributed by atoms with E-state index in [0.29, 0.717) is 25.9 Å². The first-order valence-electron chi connectivity index (χ1n) is 8.79. The minimum atomic E-state index is -3.45. The number of rotatable bonds is 6. The highest BCUT2D eigenvalue weighted by Crippen LogP contribution is 2.22. The average Bonchev–Trinajstić information content (AvgIpc) is 2.61. The van der Waals surface area contributed by atoms with Crippen LogP contribution in [-0.2, 0) is 14.8 Å². The largest absolute Gasteiger partial charge is 0.351 e. The van der Waals surface area contributed by atoms with Gasteiger partial charge in [0.2, 0.25) is 15.9 Å². The van der Waals surface area contributed by atoms with Crippen molar-refractivity contribution in [2.45, 2.75) is 45.6 Å². The van der Waals surface area contributed by atoms with Crippen molar-refractivity contribution in [1.29, 1.82) is 0 Å². The van der Waals surface area contributed by atoms with Crippen molar-refractivity contribution in [3.8, 4) is 0 Å². The number of nitrogens with zero attached hydrogens (tertiary/aromatic N) is 1. The molecule has 1 aromatic rings. The lowest BCUT2D eigenvalue weighted by molar-refractivity contribution is -0.127. The Bertz CT molecular complexity index is 703. The summed E-state index contributed by atoms with van der Waals surface area (Å²) < 4.78 is 26.4. The van der Waals surface area contributed by atoms with Gasteiger partial charge >= 0.3 is 0 Å². The van der Waals surface area contributed by atoms with Crippen molar-refractivity contribution >= 4 is 22.0 Å². The Balaban J connectivity index is 1.92. The molecule has 0 atom stereocenters. The molecule has 0 unspecified atom stereocenters. The molecule has 138 valence electrons. The molecule has 1 aliphatic heterocycles. The summed E-state index contributed by atoms with van der Waals surface area (Å²) in [5.41, 5.74) is 0.626. The van der Waals surface area contributed by atoms with E-state index in [9.17, 15) is 13.2 Å². The van der Waals surface area contributed by atoms with Gasteiger partial charge in [-0.05, 0) is 44.7 Å². The van der Waals surface area contributed by atoms with E-state index in [1.807, 2.05) is 51.1 Å². The second-order valence-corrected chi connectivity index (χ2v) is 8.98. The Labute approximate surface area is 151 Å². The first-order chi connectivity index (χ1) is 11.7. The molecule has 0 saturated carbocycles. The molecule has 0 aromatic heterocycles. The van der Waals surface area contributed by atoms with Gasteiger partial charge in [-0.25, -0.2) is 8.42 Å². The SMILES string of the molecule is CCC(C)(C)NC(=O)C1CCN(S(=O)(=O)/C=C/c2ccccc2)CC1. The Morgan fingerprint density at radius 1 is 1.24 bits per heavy atom. The van der Waals surface area contributed by atoms with Crippen molar-refractivity contribution in [3.63, 3.8) is 0 Å². The lowest BCUT2D eigenvalue weighted by Gasteiger charge is -2.32. The molecule has 0 radical (unpaired) electrons. The van der Waals surface area contributed by atoms with E-state index in [1.54, 1.807) is 6.08 Å². The van der Waals surface area contributed by atoms with E-state index in [0.717, 1.165) is 12.0 Å². The number of nitrogens with one attached hydrogen (secondary N) is 1. The molecule has 1 aromatic carbocycles. The molecular weight excluding hydrogens is 336 g/mol. The van der Waals surface area contributed by atoms with Crippen LogP contribution >= 0.6 is 0 Å². The number of carbonyl (C=O) groups is 1. The summed E-state index contributed by atoms with van der Waals surface area (Å²) in [4.78, 5) is 12.3.